The van der Waals surface area contributed by atoms with E-state index in [1.54, 1.807) is 7.11 Å². The average molecular weight is 262 g/mol. The standard InChI is InChI=1S/C14H18N2OS/c1-17-14-7-11(4-5-12(14)8-15)9-16-13-3-2-6-18-10-13/h4-5,7,13,16H,2-3,6,9-10H2,1H3. The molecule has 3 nitrogen and oxygen atoms in total. The van der Waals surface area contributed by atoms with Crippen LogP contribution in [0.25, 0.3) is 0 Å². The van der Waals surface area contributed by atoms with E-state index in [0.29, 0.717) is 17.4 Å². The van der Waals surface area contributed by atoms with E-state index < -0.39 is 0 Å². The van der Waals surface area contributed by atoms with Gasteiger partial charge in [0, 0.05) is 18.3 Å². The second-order valence-corrected chi connectivity index (χ2v) is 5.59. The van der Waals surface area contributed by atoms with E-state index in [1.165, 1.54) is 29.9 Å². The molecule has 1 aromatic carbocycles. The Balaban J connectivity index is 1.95. The summed E-state index contributed by atoms with van der Waals surface area (Å²) in [7, 11) is 1.60. The summed E-state index contributed by atoms with van der Waals surface area (Å²) in [5.41, 5.74) is 1.76. The van der Waals surface area contributed by atoms with E-state index in [2.05, 4.69) is 11.4 Å². The number of methoxy groups -OCH3 is 1. The first-order chi connectivity index (χ1) is 8.83. The Labute approximate surface area is 113 Å². The summed E-state index contributed by atoms with van der Waals surface area (Å²) in [5, 5.41) is 12.5. The van der Waals surface area contributed by atoms with Gasteiger partial charge >= 0.3 is 0 Å². The smallest absolute Gasteiger partial charge is 0.136 e. The van der Waals surface area contributed by atoms with Gasteiger partial charge in [-0.2, -0.15) is 17.0 Å². The molecular formula is C14H18N2OS. The van der Waals surface area contributed by atoms with Crippen molar-refractivity contribution in [3.8, 4) is 11.8 Å². The van der Waals surface area contributed by atoms with Crippen LogP contribution in [-0.4, -0.2) is 24.7 Å². The Hall–Kier alpha value is -1.18. The minimum Gasteiger partial charge on any atom is -0.495 e. The number of nitriles is 1. The van der Waals surface area contributed by atoms with Crippen molar-refractivity contribution >= 4 is 11.8 Å². The minimum absolute atomic E-state index is 0.592. The summed E-state index contributed by atoms with van der Waals surface area (Å²) in [6.07, 6.45) is 2.57. The third-order valence-corrected chi connectivity index (χ3v) is 4.36. The number of hydrogen-bond donors (Lipinski definition) is 1. The first kappa shape index (κ1) is 13.3. The van der Waals surface area contributed by atoms with Crippen LogP contribution in [0.4, 0.5) is 0 Å². The predicted molar refractivity (Wildman–Crippen MR) is 74.9 cm³/mol. The van der Waals surface area contributed by atoms with Gasteiger partial charge in [-0.1, -0.05) is 6.07 Å². The molecule has 1 aliphatic heterocycles. The van der Waals surface area contributed by atoms with Gasteiger partial charge in [-0.3, -0.25) is 0 Å². The van der Waals surface area contributed by atoms with Gasteiger partial charge < -0.3 is 10.1 Å². The van der Waals surface area contributed by atoms with Crippen LogP contribution < -0.4 is 10.1 Å². The lowest BCUT2D eigenvalue weighted by Gasteiger charge is -2.22. The number of nitrogens with zero attached hydrogens (tertiary/aromatic N) is 1. The highest BCUT2D eigenvalue weighted by Gasteiger charge is 2.13. The first-order valence-corrected chi connectivity index (χ1v) is 7.37. The maximum absolute atomic E-state index is 8.93. The highest BCUT2D eigenvalue weighted by atomic mass is 32.2. The fourth-order valence-electron chi connectivity index (χ4n) is 2.10. The summed E-state index contributed by atoms with van der Waals surface area (Å²) in [6.45, 7) is 0.841. The SMILES string of the molecule is COc1cc(CNC2CCCSC2)ccc1C#N. The van der Waals surface area contributed by atoms with Crippen LogP contribution in [0.5, 0.6) is 5.75 Å². The van der Waals surface area contributed by atoms with Gasteiger partial charge in [0.05, 0.1) is 12.7 Å². The number of hydrogen-bond acceptors (Lipinski definition) is 4. The highest BCUT2D eigenvalue weighted by molar-refractivity contribution is 7.99. The van der Waals surface area contributed by atoms with Crippen molar-refractivity contribution in [1.29, 1.82) is 5.26 Å². The van der Waals surface area contributed by atoms with Crippen LogP contribution in [0.1, 0.15) is 24.0 Å². The molecule has 1 unspecified atom stereocenters. The molecule has 0 aromatic heterocycles. The molecule has 96 valence electrons. The van der Waals surface area contributed by atoms with Crippen molar-refractivity contribution in [2.24, 2.45) is 0 Å². The molecule has 2 rings (SSSR count). The van der Waals surface area contributed by atoms with Gasteiger partial charge in [0.2, 0.25) is 0 Å². The van der Waals surface area contributed by atoms with Gasteiger partial charge in [0.1, 0.15) is 11.8 Å². The van der Waals surface area contributed by atoms with Crippen molar-refractivity contribution < 1.29 is 4.74 Å². The number of rotatable bonds is 4. The number of ether oxygens (including phenoxy) is 1. The lowest BCUT2D eigenvalue weighted by Crippen LogP contribution is -2.33. The Morgan fingerprint density at radius 2 is 2.44 bits per heavy atom. The van der Waals surface area contributed by atoms with E-state index in [0.717, 1.165) is 6.54 Å². The Morgan fingerprint density at radius 1 is 1.56 bits per heavy atom. The molecule has 1 heterocycles. The Kier molecular flexibility index (Phi) is 4.91. The molecule has 0 amide bonds. The molecule has 0 aliphatic carbocycles. The van der Waals surface area contributed by atoms with Crippen LogP contribution in [0.3, 0.4) is 0 Å². The third kappa shape index (κ3) is 3.41. The zero-order valence-electron chi connectivity index (χ0n) is 10.6. The normalized spacial score (nSPS) is 19.2. The van der Waals surface area contributed by atoms with E-state index in [4.69, 9.17) is 10.00 Å². The quantitative estimate of drug-likeness (QED) is 0.905. The highest BCUT2D eigenvalue weighted by Crippen LogP contribution is 2.20. The Morgan fingerprint density at radius 3 is 3.11 bits per heavy atom. The minimum atomic E-state index is 0.592. The molecule has 1 atom stereocenters. The second kappa shape index (κ2) is 6.67. The average Bonchev–Trinajstić information content (AvgIpc) is 2.45. The van der Waals surface area contributed by atoms with Crippen molar-refractivity contribution in [3.63, 3.8) is 0 Å². The molecule has 4 heteroatoms. The maximum atomic E-state index is 8.93. The van der Waals surface area contributed by atoms with Gasteiger partial charge in [-0.25, -0.2) is 0 Å². The summed E-state index contributed by atoms with van der Waals surface area (Å²) in [5.74, 6) is 3.16. The molecule has 1 aliphatic rings. The van der Waals surface area contributed by atoms with Crippen LogP contribution in [-0.2, 0) is 6.54 Å². The number of nitrogens with one attached hydrogen (secondary N) is 1. The van der Waals surface area contributed by atoms with Crippen LogP contribution >= 0.6 is 11.8 Å². The Bertz CT molecular complexity index is 436. The summed E-state index contributed by atoms with van der Waals surface area (Å²) >= 11 is 2.02. The summed E-state index contributed by atoms with van der Waals surface area (Å²) < 4.78 is 5.21. The molecule has 0 bridgehead atoms. The summed E-state index contributed by atoms with van der Waals surface area (Å²) in [6, 6.07) is 8.51. The molecule has 1 aromatic rings. The van der Waals surface area contributed by atoms with Crippen molar-refractivity contribution in [2.75, 3.05) is 18.6 Å². The molecular weight excluding hydrogens is 244 g/mol. The maximum Gasteiger partial charge on any atom is 0.136 e. The van der Waals surface area contributed by atoms with Gasteiger partial charge in [0.15, 0.2) is 0 Å². The lowest BCUT2D eigenvalue weighted by atomic mass is 10.1. The fourth-order valence-corrected chi connectivity index (χ4v) is 3.21. The van der Waals surface area contributed by atoms with E-state index in [1.807, 2.05) is 30.0 Å². The predicted octanol–water partition coefficient (Wildman–Crippen LogP) is 2.55. The molecule has 18 heavy (non-hydrogen) atoms. The van der Waals surface area contributed by atoms with E-state index in [9.17, 15) is 0 Å². The van der Waals surface area contributed by atoms with Crippen molar-refractivity contribution in [1.82, 2.24) is 5.32 Å². The van der Waals surface area contributed by atoms with Crippen LogP contribution in [0.15, 0.2) is 18.2 Å². The zero-order valence-corrected chi connectivity index (χ0v) is 11.4. The van der Waals surface area contributed by atoms with E-state index in [-0.39, 0.29) is 0 Å². The molecule has 1 saturated heterocycles. The van der Waals surface area contributed by atoms with E-state index >= 15 is 0 Å². The van der Waals surface area contributed by atoms with Gasteiger partial charge in [-0.15, -0.1) is 0 Å². The van der Waals surface area contributed by atoms with Crippen molar-refractivity contribution in [3.05, 3.63) is 29.3 Å². The summed E-state index contributed by atoms with van der Waals surface area (Å²) in [4.78, 5) is 0. The molecule has 1 fully saturated rings. The topological polar surface area (TPSA) is 45.0 Å². The number of benzene rings is 1. The third-order valence-electron chi connectivity index (χ3n) is 3.14. The molecule has 0 saturated carbocycles. The van der Waals surface area contributed by atoms with Gasteiger partial charge in [0.25, 0.3) is 0 Å². The van der Waals surface area contributed by atoms with Crippen molar-refractivity contribution in [2.45, 2.75) is 25.4 Å². The number of thioether (sulfide) groups is 1. The second-order valence-electron chi connectivity index (χ2n) is 4.44. The van der Waals surface area contributed by atoms with Crippen LogP contribution in [0, 0.1) is 11.3 Å². The fraction of sp³-hybridized carbons (Fsp3) is 0.500. The van der Waals surface area contributed by atoms with Crippen LogP contribution in [0.2, 0.25) is 0 Å². The first-order valence-electron chi connectivity index (χ1n) is 6.21. The largest absolute Gasteiger partial charge is 0.495 e. The molecule has 0 spiro atoms. The monoisotopic (exact) mass is 262 g/mol. The lowest BCUT2D eigenvalue weighted by molar-refractivity contribution is 0.412. The molecule has 0 radical (unpaired) electrons. The van der Waals surface area contributed by atoms with Gasteiger partial charge in [-0.05, 0) is 36.3 Å². The zero-order chi connectivity index (χ0) is 12.8. The molecule has 1 N–H and O–H groups in total.